The molecule has 8 heteroatoms. The highest BCUT2D eigenvalue weighted by molar-refractivity contribution is 6.35. The van der Waals surface area contributed by atoms with Crippen LogP contribution in [-0.4, -0.2) is 46.0 Å². The van der Waals surface area contributed by atoms with Crippen LogP contribution >= 0.6 is 0 Å². The van der Waals surface area contributed by atoms with Crippen LogP contribution in [0.4, 0.5) is 0 Å². The highest BCUT2D eigenvalue weighted by atomic mass is 16.4. The Bertz CT molecular complexity index is 335. The fourth-order valence-corrected chi connectivity index (χ4v) is 0.630. The molecule has 0 heterocycles. The van der Waals surface area contributed by atoms with Crippen LogP contribution in [0.5, 0.6) is 0 Å². The van der Waals surface area contributed by atoms with Crippen LogP contribution in [0.15, 0.2) is 0 Å². The number of carbonyl (C=O) groups excluding carboxylic acids is 2. The summed E-state index contributed by atoms with van der Waals surface area (Å²) in [6.07, 6.45) is 0. The van der Waals surface area contributed by atoms with E-state index < -0.39 is 35.8 Å². The summed E-state index contributed by atoms with van der Waals surface area (Å²) in [5, 5.41) is 20.6. The SMILES string of the molecule is CC(C)(NC(=O)C(=O)NCC(=O)O)C(=O)O. The molecular weight excluding hydrogens is 220 g/mol. The van der Waals surface area contributed by atoms with Gasteiger partial charge in [-0.2, -0.15) is 0 Å². The summed E-state index contributed by atoms with van der Waals surface area (Å²) in [6.45, 7) is 1.68. The van der Waals surface area contributed by atoms with E-state index in [1.807, 2.05) is 5.32 Å². The topological polar surface area (TPSA) is 133 Å². The van der Waals surface area contributed by atoms with Crippen molar-refractivity contribution in [1.29, 1.82) is 0 Å². The highest BCUT2D eigenvalue weighted by Crippen LogP contribution is 2.00. The van der Waals surface area contributed by atoms with Gasteiger partial charge in [-0.15, -0.1) is 0 Å². The molecule has 0 bridgehead atoms. The first kappa shape index (κ1) is 13.9. The zero-order valence-corrected chi connectivity index (χ0v) is 8.73. The highest BCUT2D eigenvalue weighted by Gasteiger charge is 2.31. The smallest absolute Gasteiger partial charge is 0.328 e. The minimum Gasteiger partial charge on any atom is -0.480 e. The van der Waals surface area contributed by atoms with Crippen LogP contribution in [0.25, 0.3) is 0 Å². The van der Waals surface area contributed by atoms with E-state index in [9.17, 15) is 19.2 Å². The first-order valence-corrected chi connectivity index (χ1v) is 4.22. The number of carbonyl (C=O) groups is 4. The molecule has 0 aliphatic heterocycles. The number of amides is 2. The Hall–Kier alpha value is -2.12. The molecule has 0 unspecified atom stereocenters. The largest absolute Gasteiger partial charge is 0.480 e. The van der Waals surface area contributed by atoms with E-state index in [1.54, 1.807) is 5.32 Å². The van der Waals surface area contributed by atoms with Gasteiger partial charge >= 0.3 is 23.8 Å². The second-order valence-corrected chi connectivity index (χ2v) is 3.46. The Balaban J connectivity index is 4.31. The van der Waals surface area contributed by atoms with Crippen molar-refractivity contribution in [3.8, 4) is 0 Å². The molecular formula is C8H12N2O6. The van der Waals surface area contributed by atoms with Gasteiger partial charge in [0.1, 0.15) is 12.1 Å². The lowest BCUT2D eigenvalue weighted by Gasteiger charge is -2.20. The summed E-state index contributed by atoms with van der Waals surface area (Å²) < 4.78 is 0. The number of rotatable bonds is 4. The lowest BCUT2D eigenvalue weighted by Crippen LogP contribution is -2.54. The van der Waals surface area contributed by atoms with Crippen molar-refractivity contribution in [2.24, 2.45) is 0 Å². The van der Waals surface area contributed by atoms with Gasteiger partial charge in [-0.05, 0) is 13.8 Å². The molecule has 0 aliphatic carbocycles. The van der Waals surface area contributed by atoms with Gasteiger partial charge in [0, 0.05) is 0 Å². The molecule has 16 heavy (non-hydrogen) atoms. The number of hydrogen-bond acceptors (Lipinski definition) is 4. The molecule has 0 radical (unpaired) electrons. The predicted octanol–water partition coefficient (Wildman–Crippen LogP) is -1.83. The molecule has 0 saturated carbocycles. The Labute approximate surface area is 90.6 Å². The molecule has 8 nitrogen and oxygen atoms in total. The number of hydrogen-bond donors (Lipinski definition) is 4. The summed E-state index contributed by atoms with van der Waals surface area (Å²) in [6, 6.07) is 0. The minimum atomic E-state index is -1.60. The fourth-order valence-electron chi connectivity index (χ4n) is 0.630. The number of aliphatic carboxylic acids is 2. The molecule has 0 rings (SSSR count). The lowest BCUT2D eigenvalue weighted by atomic mass is 10.1. The molecule has 0 aromatic rings. The number of carboxylic acid groups (broad SMARTS) is 2. The van der Waals surface area contributed by atoms with Crippen molar-refractivity contribution in [2.45, 2.75) is 19.4 Å². The van der Waals surface area contributed by atoms with E-state index >= 15 is 0 Å². The maximum atomic E-state index is 11.1. The Kier molecular flexibility index (Phi) is 4.42. The normalized spacial score (nSPS) is 10.4. The van der Waals surface area contributed by atoms with Crippen molar-refractivity contribution in [3.05, 3.63) is 0 Å². The first-order valence-electron chi connectivity index (χ1n) is 4.22. The molecule has 0 fully saturated rings. The van der Waals surface area contributed by atoms with Crippen LogP contribution in [0.2, 0.25) is 0 Å². The number of nitrogens with one attached hydrogen (secondary N) is 2. The molecule has 0 saturated heterocycles. The van der Waals surface area contributed by atoms with E-state index in [1.165, 1.54) is 13.8 Å². The molecule has 0 atom stereocenters. The van der Waals surface area contributed by atoms with E-state index in [4.69, 9.17) is 10.2 Å². The van der Waals surface area contributed by atoms with Crippen molar-refractivity contribution in [3.63, 3.8) is 0 Å². The van der Waals surface area contributed by atoms with Crippen LogP contribution in [0.3, 0.4) is 0 Å². The zero-order valence-electron chi connectivity index (χ0n) is 8.73. The fraction of sp³-hybridized carbons (Fsp3) is 0.500. The molecule has 4 N–H and O–H groups in total. The summed E-state index contributed by atoms with van der Waals surface area (Å²) in [4.78, 5) is 42.7. The quantitative estimate of drug-likeness (QED) is 0.421. The summed E-state index contributed by atoms with van der Waals surface area (Å²) in [5.41, 5.74) is -1.60. The van der Waals surface area contributed by atoms with Gasteiger partial charge in [0.2, 0.25) is 0 Å². The van der Waals surface area contributed by atoms with Crippen LogP contribution in [0.1, 0.15) is 13.8 Å². The van der Waals surface area contributed by atoms with E-state index in [0.717, 1.165) is 0 Å². The predicted molar refractivity (Wildman–Crippen MR) is 50.5 cm³/mol. The third-order valence-electron chi connectivity index (χ3n) is 1.57. The van der Waals surface area contributed by atoms with E-state index in [0.29, 0.717) is 0 Å². The zero-order chi connectivity index (χ0) is 12.9. The van der Waals surface area contributed by atoms with E-state index in [2.05, 4.69) is 0 Å². The summed E-state index contributed by atoms with van der Waals surface area (Å²) in [7, 11) is 0. The Morgan fingerprint density at radius 2 is 1.56 bits per heavy atom. The van der Waals surface area contributed by atoms with Gasteiger partial charge in [0.15, 0.2) is 0 Å². The van der Waals surface area contributed by atoms with Gasteiger partial charge in [-0.25, -0.2) is 4.79 Å². The van der Waals surface area contributed by atoms with Gasteiger partial charge < -0.3 is 20.8 Å². The maximum absolute atomic E-state index is 11.1. The van der Waals surface area contributed by atoms with Crippen molar-refractivity contribution in [2.75, 3.05) is 6.54 Å². The van der Waals surface area contributed by atoms with Gasteiger partial charge in [0.25, 0.3) is 0 Å². The van der Waals surface area contributed by atoms with Crippen LogP contribution in [0, 0.1) is 0 Å². The Morgan fingerprint density at radius 1 is 1.06 bits per heavy atom. The second-order valence-electron chi connectivity index (χ2n) is 3.46. The Morgan fingerprint density at radius 3 is 1.94 bits per heavy atom. The average Bonchev–Trinajstić information content (AvgIpc) is 2.12. The lowest BCUT2D eigenvalue weighted by molar-refractivity contribution is -0.148. The summed E-state index contributed by atoms with van der Waals surface area (Å²) in [5.74, 6) is -5.02. The molecule has 0 spiro atoms. The average molecular weight is 232 g/mol. The van der Waals surface area contributed by atoms with Gasteiger partial charge in [-0.3, -0.25) is 14.4 Å². The molecule has 0 aliphatic rings. The second kappa shape index (κ2) is 5.10. The van der Waals surface area contributed by atoms with Gasteiger partial charge in [-0.1, -0.05) is 0 Å². The molecule has 0 aromatic heterocycles. The first-order chi connectivity index (χ1) is 7.16. The van der Waals surface area contributed by atoms with Crippen molar-refractivity contribution < 1.29 is 29.4 Å². The van der Waals surface area contributed by atoms with Gasteiger partial charge in [0.05, 0.1) is 0 Å². The monoisotopic (exact) mass is 232 g/mol. The minimum absolute atomic E-state index is 0.709. The maximum Gasteiger partial charge on any atom is 0.328 e. The van der Waals surface area contributed by atoms with Crippen LogP contribution < -0.4 is 10.6 Å². The standard InChI is InChI=1S/C8H12N2O6/c1-8(2,7(15)16)10-6(14)5(13)9-3-4(11)12/h3H2,1-2H3,(H,9,13)(H,10,14)(H,11,12)(H,15,16). The third kappa shape index (κ3) is 4.40. The van der Waals surface area contributed by atoms with Crippen molar-refractivity contribution >= 4 is 23.8 Å². The molecule has 0 aromatic carbocycles. The molecule has 2 amide bonds. The third-order valence-corrected chi connectivity index (χ3v) is 1.57. The van der Waals surface area contributed by atoms with Crippen molar-refractivity contribution in [1.82, 2.24) is 10.6 Å². The summed E-state index contributed by atoms with van der Waals surface area (Å²) >= 11 is 0. The van der Waals surface area contributed by atoms with E-state index in [-0.39, 0.29) is 0 Å². The van der Waals surface area contributed by atoms with Crippen LogP contribution in [-0.2, 0) is 19.2 Å². The number of carboxylic acids is 2. The molecule has 90 valence electrons.